The fourth-order valence-electron chi connectivity index (χ4n) is 1.07. The molecule has 1 heterocycles. The van der Waals surface area contributed by atoms with Crippen LogP contribution in [0.4, 0.5) is 0 Å². The summed E-state index contributed by atoms with van der Waals surface area (Å²) in [5.41, 5.74) is 6.66. The summed E-state index contributed by atoms with van der Waals surface area (Å²) in [4.78, 5) is 4.15. The van der Waals surface area contributed by atoms with Gasteiger partial charge in [-0.3, -0.25) is 4.68 Å². The van der Waals surface area contributed by atoms with Crippen molar-refractivity contribution in [3.8, 4) is 0 Å². The van der Waals surface area contributed by atoms with Gasteiger partial charge >= 0.3 is 0 Å². The normalized spacial score (nSPS) is 11.7. The van der Waals surface area contributed by atoms with Crippen LogP contribution in [0.1, 0.15) is 5.56 Å². The first-order valence-electron chi connectivity index (χ1n) is 4.72. The van der Waals surface area contributed by atoms with Gasteiger partial charge in [0.2, 0.25) is 0 Å². The van der Waals surface area contributed by atoms with E-state index in [1.807, 2.05) is 13.2 Å². The van der Waals surface area contributed by atoms with Crippen LogP contribution in [0.25, 0.3) is 0 Å². The number of rotatable bonds is 5. The third-order valence-corrected chi connectivity index (χ3v) is 1.80. The lowest BCUT2D eigenvalue weighted by Gasteiger charge is -2.03. The molecule has 0 radical (unpaired) electrons. The summed E-state index contributed by atoms with van der Waals surface area (Å²) < 4.78 is 6.61. The molecule has 1 aromatic rings. The lowest BCUT2D eigenvalue weighted by molar-refractivity contribution is 0.204. The zero-order valence-electron chi connectivity index (χ0n) is 9.10. The zero-order chi connectivity index (χ0) is 11.1. The molecule has 6 heteroatoms. The van der Waals surface area contributed by atoms with E-state index in [0.717, 1.165) is 5.56 Å². The van der Waals surface area contributed by atoms with E-state index in [9.17, 15) is 0 Å². The van der Waals surface area contributed by atoms with Gasteiger partial charge in [-0.2, -0.15) is 5.10 Å². The van der Waals surface area contributed by atoms with Crippen LogP contribution in [-0.2, 0) is 18.3 Å². The molecule has 84 valence electrons. The molecule has 0 bridgehead atoms. The maximum absolute atomic E-state index is 5.63. The Bertz CT molecular complexity index is 320. The van der Waals surface area contributed by atoms with Crippen molar-refractivity contribution in [2.24, 2.45) is 17.8 Å². The predicted molar refractivity (Wildman–Crippen MR) is 58.4 cm³/mol. The van der Waals surface area contributed by atoms with E-state index in [1.165, 1.54) is 0 Å². The van der Waals surface area contributed by atoms with Crippen LogP contribution in [0.3, 0.4) is 0 Å². The van der Waals surface area contributed by atoms with Crippen molar-refractivity contribution >= 4 is 5.96 Å². The predicted octanol–water partition coefficient (Wildman–Crippen LogP) is -0.529. The standard InChI is InChI=1S/C9H17N5O/c1-14-7-8(6-13-14)5-12-9(10)11-3-4-15-2/h6-7H,3-5H2,1-2H3,(H3,10,11,12). The first-order chi connectivity index (χ1) is 7.22. The van der Waals surface area contributed by atoms with Gasteiger partial charge in [0, 0.05) is 32.5 Å². The fraction of sp³-hybridized carbons (Fsp3) is 0.556. The van der Waals surface area contributed by atoms with Gasteiger partial charge in [-0.15, -0.1) is 0 Å². The highest BCUT2D eigenvalue weighted by molar-refractivity contribution is 5.77. The zero-order valence-corrected chi connectivity index (χ0v) is 9.10. The largest absolute Gasteiger partial charge is 0.383 e. The van der Waals surface area contributed by atoms with Crippen LogP contribution >= 0.6 is 0 Å². The quantitative estimate of drug-likeness (QED) is 0.390. The Morgan fingerprint density at radius 2 is 2.53 bits per heavy atom. The Morgan fingerprint density at radius 3 is 3.13 bits per heavy atom. The second-order valence-electron chi connectivity index (χ2n) is 3.14. The van der Waals surface area contributed by atoms with Crippen molar-refractivity contribution < 1.29 is 4.74 Å². The average molecular weight is 211 g/mol. The van der Waals surface area contributed by atoms with Gasteiger partial charge in [0.25, 0.3) is 0 Å². The molecule has 0 aliphatic heterocycles. The van der Waals surface area contributed by atoms with Gasteiger partial charge in [0.1, 0.15) is 0 Å². The number of hydrogen-bond acceptors (Lipinski definition) is 3. The van der Waals surface area contributed by atoms with E-state index in [0.29, 0.717) is 25.7 Å². The Balaban J connectivity index is 2.30. The summed E-state index contributed by atoms with van der Waals surface area (Å²) >= 11 is 0. The number of aromatic nitrogens is 2. The lowest BCUT2D eigenvalue weighted by Crippen LogP contribution is -2.34. The summed E-state index contributed by atoms with van der Waals surface area (Å²) in [5, 5.41) is 6.97. The minimum atomic E-state index is 0.427. The summed E-state index contributed by atoms with van der Waals surface area (Å²) in [7, 11) is 3.51. The van der Waals surface area contributed by atoms with Gasteiger partial charge in [-0.05, 0) is 0 Å². The van der Waals surface area contributed by atoms with Crippen molar-refractivity contribution in [2.45, 2.75) is 6.54 Å². The molecule has 6 nitrogen and oxygen atoms in total. The third-order valence-electron chi connectivity index (χ3n) is 1.80. The minimum Gasteiger partial charge on any atom is -0.383 e. The lowest BCUT2D eigenvalue weighted by atomic mass is 10.4. The van der Waals surface area contributed by atoms with Crippen LogP contribution in [-0.4, -0.2) is 36.0 Å². The van der Waals surface area contributed by atoms with Gasteiger partial charge in [0.05, 0.1) is 19.3 Å². The molecular weight excluding hydrogens is 194 g/mol. The van der Waals surface area contributed by atoms with Gasteiger partial charge in [0.15, 0.2) is 5.96 Å². The van der Waals surface area contributed by atoms with E-state index >= 15 is 0 Å². The van der Waals surface area contributed by atoms with E-state index < -0.39 is 0 Å². The molecular formula is C9H17N5O. The third kappa shape index (κ3) is 4.46. The number of nitrogens with zero attached hydrogens (tertiary/aromatic N) is 3. The number of hydrogen-bond donors (Lipinski definition) is 2. The van der Waals surface area contributed by atoms with Gasteiger partial charge < -0.3 is 15.8 Å². The molecule has 0 saturated heterocycles. The molecule has 0 aromatic carbocycles. The van der Waals surface area contributed by atoms with Crippen LogP contribution in [0.5, 0.6) is 0 Å². The van der Waals surface area contributed by atoms with Crippen molar-refractivity contribution in [3.63, 3.8) is 0 Å². The monoisotopic (exact) mass is 211 g/mol. The van der Waals surface area contributed by atoms with Crippen LogP contribution in [0.15, 0.2) is 17.4 Å². The topological polar surface area (TPSA) is 77.5 Å². The molecule has 3 N–H and O–H groups in total. The van der Waals surface area contributed by atoms with Gasteiger partial charge in [-0.1, -0.05) is 0 Å². The molecule has 0 atom stereocenters. The SMILES string of the molecule is COCCNC(N)=NCc1cnn(C)c1. The number of nitrogens with one attached hydrogen (secondary N) is 1. The highest BCUT2D eigenvalue weighted by atomic mass is 16.5. The van der Waals surface area contributed by atoms with Crippen molar-refractivity contribution in [1.82, 2.24) is 15.1 Å². The number of nitrogens with two attached hydrogens (primary N) is 1. The molecule has 1 aromatic heterocycles. The summed E-state index contributed by atoms with van der Waals surface area (Å²) in [5.74, 6) is 0.427. The van der Waals surface area contributed by atoms with E-state index in [-0.39, 0.29) is 0 Å². The van der Waals surface area contributed by atoms with Crippen molar-refractivity contribution in [1.29, 1.82) is 0 Å². The summed E-state index contributed by atoms with van der Waals surface area (Å²) in [6.07, 6.45) is 3.68. The smallest absolute Gasteiger partial charge is 0.189 e. The maximum atomic E-state index is 5.63. The van der Waals surface area contributed by atoms with E-state index in [1.54, 1.807) is 18.0 Å². The first kappa shape index (κ1) is 11.5. The van der Waals surface area contributed by atoms with Gasteiger partial charge in [-0.25, -0.2) is 4.99 Å². The number of methoxy groups -OCH3 is 1. The molecule has 1 rings (SSSR count). The van der Waals surface area contributed by atoms with Crippen molar-refractivity contribution in [2.75, 3.05) is 20.3 Å². The first-order valence-corrected chi connectivity index (χ1v) is 4.72. The minimum absolute atomic E-state index is 0.427. The second-order valence-corrected chi connectivity index (χ2v) is 3.14. The van der Waals surface area contributed by atoms with E-state index in [4.69, 9.17) is 10.5 Å². The summed E-state index contributed by atoms with van der Waals surface area (Å²) in [6, 6.07) is 0. The summed E-state index contributed by atoms with van der Waals surface area (Å²) in [6.45, 7) is 1.82. The van der Waals surface area contributed by atoms with Crippen LogP contribution in [0, 0.1) is 0 Å². The molecule has 0 saturated carbocycles. The van der Waals surface area contributed by atoms with Crippen LogP contribution in [0.2, 0.25) is 0 Å². The Morgan fingerprint density at radius 1 is 1.73 bits per heavy atom. The molecule has 0 aliphatic carbocycles. The molecule has 0 amide bonds. The molecule has 0 unspecified atom stereocenters. The number of ether oxygens (including phenoxy) is 1. The maximum Gasteiger partial charge on any atom is 0.189 e. The second kappa shape index (κ2) is 6.02. The van der Waals surface area contributed by atoms with Crippen molar-refractivity contribution in [3.05, 3.63) is 18.0 Å². The van der Waals surface area contributed by atoms with E-state index in [2.05, 4.69) is 15.4 Å². The molecule has 15 heavy (non-hydrogen) atoms. The highest BCUT2D eigenvalue weighted by Crippen LogP contribution is 1.97. The number of guanidine groups is 1. The highest BCUT2D eigenvalue weighted by Gasteiger charge is 1.95. The number of aliphatic imine (C=N–C) groups is 1. The molecule has 0 fully saturated rings. The van der Waals surface area contributed by atoms with Crippen LogP contribution < -0.4 is 11.1 Å². The number of aryl methyl sites for hydroxylation is 1. The Kier molecular flexibility index (Phi) is 4.62. The average Bonchev–Trinajstić information content (AvgIpc) is 2.62. The Labute approximate surface area is 89.1 Å². The Hall–Kier alpha value is -1.56. The molecule has 0 spiro atoms. The fourth-order valence-corrected chi connectivity index (χ4v) is 1.07. The molecule has 0 aliphatic rings.